The summed E-state index contributed by atoms with van der Waals surface area (Å²) in [7, 11) is 1.67. The Morgan fingerprint density at radius 1 is 1.21 bits per heavy atom. The van der Waals surface area contributed by atoms with E-state index in [4.69, 9.17) is 4.74 Å². The van der Waals surface area contributed by atoms with E-state index >= 15 is 0 Å². The van der Waals surface area contributed by atoms with Crippen molar-refractivity contribution in [3.63, 3.8) is 0 Å². The highest BCUT2D eigenvalue weighted by atomic mass is 16.5. The maximum atomic E-state index is 12.7. The number of ether oxygens (including phenoxy) is 1. The second-order valence-corrected chi connectivity index (χ2v) is 9.22. The van der Waals surface area contributed by atoms with Gasteiger partial charge in [0.2, 0.25) is 11.8 Å². The molecule has 1 heterocycles. The molecule has 4 rings (SSSR count). The number of amides is 2. The Morgan fingerprint density at radius 3 is 2.62 bits per heavy atom. The maximum absolute atomic E-state index is 12.7. The number of nitrogens with one attached hydrogen (secondary N) is 1. The molecule has 1 aromatic carbocycles. The summed E-state index contributed by atoms with van der Waals surface area (Å²) in [5, 5.41) is 3.23. The summed E-state index contributed by atoms with van der Waals surface area (Å²) in [4.78, 5) is 27.3. The zero-order chi connectivity index (χ0) is 20.4. The molecular weight excluding hydrogens is 364 g/mol. The average Bonchev–Trinajstić information content (AvgIpc) is 3.42. The Labute approximate surface area is 174 Å². The van der Waals surface area contributed by atoms with Crippen molar-refractivity contribution in [2.75, 3.05) is 20.2 Å². The van der Waals surface area contributed by atoms with E-state index in [0.717, 1.165) is 44.5 Å². The molecule has 0 radical (unpaired) electrons. The van der Waals surface area contributed by atoms with Gasteiger partial charge >= 0.3 is 0 Å². The van der Waals surface area contributed by atoms with Crippen LogP contribution < -0.4 is 10.1 Å². The van der Waals surface area contributed by atoms with Crippen molar-refractivity contribution in [2.24, 2.45) is 23.7 Å². The zero-order valence-corrected chi connectivity index (χ0v) is 17.7. The SMILES string of the molecule is COc1ccc(CCN2C(=O)C[C@H]3[C@H](CNC(=O)C4CCCC4)[C@@H](C)C[C@H]32)cc1. The van der Waals surface area contributed by atoms with Crippen molar-refractivity contribution in [2.45, 2.75) is 57.9 Å². The van der Waals surface area contributed by atoms with Crippen LogP contribution in [0.1, 0.15) is 51.0 Å². The number of fused-ring (bicyclic) bond motifs is 1. The molecule has 1 aliphatic heterocycles. The van der Waals surface area contributed by atoms with Gasteiger partial charge in [0.1, 0.15) is 5.75 Å². The monoisotopic (exact) mass is 398 g/mol. The molecule has 2 amide bonds. The number of likely N-dealkylation sites (tertiary alicyclic amines) is 1. The van der Waals surface area contributed by atoms with Gasteiger partial charge in [0.05, 0.1) is 7.11 Å². The number of carbonyl (C=O) groups excluding carboxylic acids is 2. The molecular formula is C24H34N2O3. The molecule has 0 bridgehead atoms. The summed E-state index contributed by atoms with van der Waals surface area (Å²) in [6.45, 7) is 3.80. The lowest BCUT2D eigenvalue weighted by Crippen LogP contribution is -2.37. The van der Waals surface area contributed by atoms with E-state index in [1.807, 2.05) is 12.1 Å². The van der Waals surface area contributed by atoms with Crippen LogP contribution in [0.5, 0.6) is 5.75 Å². The third-order valence-corrected chi connectivity index (χ3v) is 7.56. The van der Waals surface area contributed by atoms with Crippen LogP contribution in [0.2, 0.25) is 0 Å². The van der Waals surface area contributed by atoms with Gasteiger partial charge in [0, 0.05) is 31.5 Å². The molecule has 0 aromatic heterocycles. The van der Waals surface area contributed by atoms with Crippen LogP contribution >= 0.6 is 0 Å². The van der Waals surface area contributed by atoms with E-state index in [9.17, 15) is 9.59 Å². The highest BCUT2D eigenvalue weighted by molar-refractivity contribution is 5.80. The quantitative estimate of drug-likeness (QED) is 0.766. The highest BCUT2D eigenvalue weighted by Gasteiger charge is 2.50. The van der Waals surface area contributed by atoms with Crippen LogP contribution in [0.15, 0.2) is 24.3 Å². The molecule has 2 aliphatic carbocycles. The third-order valence-electron chi connectivity index (χ3n) is 7.56. The van der Waals surface area contributed by atoms with Gasteiger partial charge in [-0.2, -0.15) is 0 Å². The minimum absolute atomic E-state index is 0.216. The molecule has 1 N–H and O–H groups in total. The summed E-state index contributed by atoms with van der Waals surface area (Å²) in [5.41, 5.74) is 1.23. The molecule has 5 heteroatoms. The van der Waals surface area contributed by atoms with Gasteiger partial charge < -0.3 is 15.0 Å². The van der Waals surface area contributed by atoms with Crippen molar-refractivity contribution >= 4 is 11.8 Å². The molecule has 158 valence electrons. The van der Waals surface area contributed by atoms with Crippen LogP contribution in [-0.4, -0.2) is 43.0 Å². The summed E-state index contributed by atoms with van der Waals surface area (Å²) < 4.78 is 5.22. The Kier molecular flexibility index (Phi) is 6.12. The second kappa shape index (κ2) is 8.76. The topological polar surface area (TPSA) is 58.6 Å². The van der Waals surface area contributed by atoms with E-state index in [1.165, 1.54) is 18.4 Å². The molecule has 0 unspecified atom stereocenters. The van der Waals surface area contributed by atoms with Crippen molar-refractivity contribution in [1.82, 2.24) is 10.2 Å². The molecule has 4 atom stereocenters. The Morgan fingerprint density at radius 2 is 1.93 bits per heavy atom. The predicted octanol–water partition coefficient (Wildman–Crippen LogP) is 3.42. The summed E-state index contributed by atoms with van der Waals surface area (Å²) in [5.74, 6) is 2.95. The lowest BCUT2D eigenvalue weighted by molar-refractivity contribution is -0.129. The summed E-state index contributed by atoms with van der Waals surface area (Å²) >= 11 is 0. The first-order valence-corrected chi connectivity index (χ1v) is 11.3. The molecule has 0 spiro atoms. The molecule has 5 nitrogen and oxygen atoms in total. The third kappa shape index (κ3) is 4.29. The molecule has 3 aliphatic rings. The smallest absolute Gasteiger partial charge is 0.223 e. The van der Waals surface area contributed by atoms with Gasteiger partial charge in [-0.15, -0.1) is 0 Å². The van der Waals surface area contributed by atoms with Crippen LogP contribution in [0, 0.1) is 23.7 Å². The lowest BCUT2D eigenvalue weighted by atomic mass is 9.88. The number of carbonyl (C=O) groups is 2. The van der Waals surface area contributed by atoms with Crippen LogP contribution in [-0.2, 0) is 16.0 Å². The average molecular weight is 399 g/mol. The van der Waals surface area contributed by atoms with Crippen LogP contribution in [0.25, 0.3) is 0 Å². The predicted molar refractivity (Wildman–Crippen MR) is 113 cm³/mol. The number of rotatable bonds is 7. The zero-order valence-electron chi connectivity index (χ0n) is 17.7. The molecule has 3 fully saturated rings. The largest absolute Gasteiger partial charge is 0.497 e. The molecule has 1 aromatic rings. The first-order chi connectivity index (χ1) is 14.1. The van der Waals surface area contributed by atoms with Crippen molar-refractivity contribution in [3.8, 4) is 5.75 Å². The van der Waals surface area contributed by atoms with E-state index < -0.39 is 0 Å². The number of nitrogens with zero attached hydrogens (tertiary/aromatic N) is 1. The van der Waals surface area contributed by atoms with Crippen molar-refractivity contribution in [3.05, 3.63) is 29.8 Å². The summed E-state index contributed by atoms with van der Waals surface area (Å²) in [6, 6.07) is 8.45. The van der Waals surface area contributed by atoms with Crippen LogP contribution in [0.4, 0.5) is 0 Å². The molecule has 29 heavy (non-hydrogen) atoms. The standard InChI is InChI=1S/C24H34N2O3/c1-16-13-22-20(21(16)15-25-24(28)18-5-3-4-6-18)14-23(27)26(22)12-11-17-7-9-19(29-2)10-8-17/h7-10,16,18,20-22H,3-6,11-15H2,1-2H3,(H,25,28)/t16-,20-,21+,22+/m0/s1. The van der Waals surface area contributed by atoms with Gasteiger partial charge in [-0.1, -0.05) is 31.9 Å². The van der Waals surface area contributed by atoms with Crippen molar-refractivity contribution < 1.29 is 14.3 Å². The van der Waals surface area contributed by atoms with E-state index in [-0.39, 0.29) is 17.7 Å². The molecule has 2 saturated carbocycles. The van der Waals surface area contributed by atoms with Crippen molar-refractivity contribution in [1.29, 1.82) is 0 Å². The Hall–Kier alpha value is -2.04. The van der Waals surface area contributed by atoms with Crippen LogP contribution in [0.3, 0.4) is 0 Å². The second-order valence-electron chi connectivity index (χ2n) is 9.22. The molecule has 1 saturated heterocycles. The van der Waals surface area contributed by atoms with E-state index in [1.54, 1.807) is 7.11 Å². The fourth-order valence-electron chi connectivity index (χ4n) is 5.82. The minimum atomic E-state index is 0.216. The maximum Gasteiger partial charge on any atom is 0.223 e. The fourth-order valence-corrected chi connectivity index (χ4v) is 5.82. The van der Waals surface area contributed by atoms with E-state index in [2.05, 4.69) is 29.3 Å². The number of methoxy groups -OCH3 is 1. The number of hydrogen-bond donors (Lipinski definition) is 1. The van der Waals surface area contributed by atoms with Gasteiger partial charge in [-0.05, 0) is 61.1 Å². The van der Waals surface area contributed by atoms with Gasteiger partial charge in [0.15, 0.2) is 0 Å². The Bertz CT molecular complexity index is 726. The fraction of sp³-hybridized carbons (Fsp3) is 0.667. The number of hydrogen-bond acceptors (Lipinski definition) is 3. The first-order valence-electron chi connectivity index (χ1n) is 11.3. The van der Waals surface area contributed by atoms with Gasteiger partial charge in [0.25, 0.3) is 0 Å². The normalized spacial score (nSPS) is 29.3. The van der Waals surface area contributed by atoms with E-state index in [0.29, 0.717) is 30.2 Å². The summed E-state index contributed by atoms with van der Waals surface area (Å²) in [6.07, 6.45) is 7.01. The van der Waals surface area contributed by atoms with Gasteiger partial charge in [-0.3, -0.25) is 9.59 Å². The lowest BCUT2D eigenvalue weighted by Gasteiger charge is -2.25. The first kappa shape index (κ1) is 20.2. The Balaban J connectivity index is 1.32. The number of benzene rings is 1. The van der Waals surface area contributed by atoms with Gasteiger partial charge in [-0.25, -0.2) is 0 Å². The highest BCUT2D eigenvalue weighted by Crippen LogP contribution is 2.45. The minimum Gasteiger partial charge on any atom is -0.497 e.